The lowest BCUT2D eigenvalue weighted by Gasteiger charge is -2.26. The monoisotopic (exact) mass is 262 g/mol. The molecule has 15 heavy (non-hydrogen) atoms. The molecule has 4 N–H and O–H groups in total. The molecule has 0 spiro atoms. The summed E-state index contributed by atoms with van der Waals surface area (Å²) in [7, 11) is 0. The third kappa shape index (κ3) is 2.36. The SMILES string of the molecule is CC(C)(C(N)=S)c1c(Cl)cc(N)cc1Cl. The van der Waals surface area contributed by atoms with Crippen molar-refractivity contribution in [2.75, 3.05) is 5.73 Å². The normalized spacial score (nSPS) is 11.5. The van der Waals surface area contributed by atoms with E-state index in [1.807, 2.05) is 13.8 Å². The van der Waals surface area contributed by atoms with Crippen LogP contribution in [0.1, 0.15) is 19.4 Å². The zero-order valence-electron chi connectivity index (χ0n) is 8.47. The maximum atomic E-state index is 6.08. The molecule has 0 aliphatic rings. The Kier molecular flexibility index (Phi) is 3.48. The maximum absolute atomic E-state index is 6.08. The first-order valence-electron chi connectivity index (χ1n) is 4.31. The minimum atomic E-state index is -0.544. The molecule has 0 aliphatic carbocycles. The van der Waals surface area contributed by atoms with Crippen molar-refractivity contribution in [2.45, 2.75) is 19.3 Å². The summed E-state index contributed by atoms with van der Waals surface area (Å²) in [5.41, 5.74) is 12.0. The van der Waals surface area contributed by atoms with E-state index in [2.05, 4.69) is 0 Å². The molecule has 0 aromatic heterocycles. The molecule has 0 amide bonds. The van der Waals surface area contributed by atoms with Crippen LogP contribution in [0.25, 0.3) is 0 Å². The molecule has 0 saturated heterocycles. The van der Waals surface area contributed by atoms with E-state index < -0.39 is 5.41 Å². The molecular formula is C10H12Cl2N2S. The van der Waals surface area contributed by atoms with Crippen LogP contribution in [0.5, 0.6) is 0 Å². The summed E-state index contributed by atoms with van der Waals surface area (Å²) in [6, 6.07) is 3.28. The van der Waals surface area contributed by atoms with Crippen LogP contribution in [-0.4, -0.2) is 4.99 Å². The van der Waals surface area contributed by atoms with Crippen molar-refractivity contribution >= 4 is 46.1 Å². The van der Waals surface area contributed by atoms with Crippen molar-refractivity contribution < 1.29 is 0 Å². The number of benzene rings is 1. The van der Waals surface area contributed by atoms with Crippen molar-refractivity contribution in [3.8, 4) is 0 Å². The summed E-state index contributed by atoms with van der Waals surface area (Å²) in [5, 5.41) is 0.968. The molecule has 1 aromatic rings. The lowest BCUT2D eigenvalue weighted by Crippen LogP contribution is -2.34. The Bertz CT molecular complexity index is 393. The van der Waals surface area contributed by atoms with Gasteiger partial charge in [-0.15, -0.1) is 0 Å². The van der Waals surface area contributed by atoms with Gasteiger partial charge in [-0.3, -0.25) is 0 Å². The average molecular weight is 263 g/mol. The van der Waals surface area contributed by atoms with E-state index >= 15 is 0 Å². The van der Waals surface area contributed by atoms with Gasteiger partial charge in [-0.1, -0.05) is 35.4 Å². The number of hydrogen-bond donors (Lipinski definition) is 2. The van der Waals surface area contributed by atoms with Crippen LogP contribution < -0.4 is 11.5 Å². The van der Waals surface area contributed by atoms with Crippen molar-refractivity contribution in [1.29, 1.82) is 0 Å². The Morgan fingerprint density at radius 2 is 1.67 bits per heavy atom. The Hall–Kier alpha value is -0.510. The van der Waals surface area contributed by atoms with Crippen molar-refractivity contribution in [3.05, 3.63) is 27.7 Å². The lowest BCUT2D eigenvalue weighted by molar-refractivity contribution is 0.723. The first kappa shape index (κ1) is 12.6. The van der Waals surface area contributed by atoms with Gasteiger partial charge >= 0.3 is 0 Å². The van der Waals surface area contributed by atoms with Gasteiger partial charge in [0.1, 0.15) is 0 Å². The number of halogens is 2. The van der Waals surface area contributed by atoms with Gasteiger partial charge < -0.3 is 11.5 Å². The number of nitrogen functional groups attached to an aromatic ring is 1. The van der Waals surface area contributed by atoms with E-state index in [0.29, 0.717) is 26.3 Å². The molecule has 0 unspecified atom stereocenters. The van der Waals surface area contributed by atoms with Gasteiger partial charge in [-0.2, -0.15) is 0 Å². The second-order valence-corrected chi connectivity index (χ2v) is 5.10. The van der Waals surface area contributed by atoms with Gasteiger partial charge in [0, 0.05) is 26.7 Å². The van der Waals surface area contributed by atoms with E-state index in [-0.39, 0.29) is 0 Å². The maximum Gasteiger partial charge on any atom is 0.0830 e. The predicted molar refractivity (Wildman–Crippen MR) is 70.7 cm³/mol. The molecule has 0 saturated carbocycles. The molecule has 1 aromatic carbocycles. The van der Waals surface area contributed by atoms with E-state index in [0.717, 1.165) is 0 Å². The van der Waals surface area contributed by atoms with Crippen molar-refractivity contribution in [2.24, 2.45) is 5.73 Å². The quantitative estimate of drug-likeness (QED) is 0.636. The van der Waals surface area contributed by atoms with Crippen molar-refractivity contribution in [3.63, 3.8) is 0 Å². The lowest BCUT2D eigenvalue weighted by atomic mass is 9.84. The highest BCUT2D eigenvalue weighted by atomic mass is 35.5. The van der Waals surface area contributed by atoms with Crippen LogP contribution in [0, 0.1) is 0 Å². The average Bonchev–Trinajstić information content (AvgIpc) is 2.00. The first-order valence-corrected chi connectivity index (χ1v) is 5.48. The zero-order valence-corrected chi connectivity index (χ0v) is 10.8. The summed E-state index contributed by atoms with van der Waals surface area (Å²) in [6.07, 6.45) is 0. The fraction of sp³-hybridized carbons (Fsp3) is 0.300. The number of hydrogen-bond acceptors (Lipinski definition) is 2. The fourth-order valence-corrected chi connectivity index (χ4v) is 2.39. The van der Waals surface area contributed by atoms with E-state index in [1.165, 1.54) is 0 Å². The first-order chi connectivity index (χ1) is 6.76. The van der Waals surface area contributed by atoms with Crippen LogP contribution in [0.3, 0.4) is 0 Å². The van der Waals surface area contributed by atoms with Crippen LogP contribution >= 0.6 is 35.4 Å². The summed E-state index contributed by atoms with van der Waals surface area (Å²) in [6.45, 7) is 3.75. The minimum absolute atomic E-state index is 0.344. The minimum Gasteiger partial charge on any atom is -0.399 e. The molecule has 2 nitrogen and oxygen atoms in total. The van der Waals surface area contributed by atoms with Crippen LogP contribution in [0.4, 0.5) is 5.69 Å². The second-order valence-electron chi connectivity index (χ2n) is 3.85. The molecule has 0 bridgehead atoms. The molecular weight excluding hydrogens is 251 g/mol. The topological polar surface area (TPSA) is 52.0 Å². The van der Waals surface area contributed by atoms with E-state index in [4.69, 9.17) is 46.9 Å². The molecule has 82 valence electrons. The van der Waals surface area contributed by atoms with E-state index in [1.54, 1.807) is 12.1 Å². The molecule has 0 fully saturated rings. The summed E-state index contributed by atoms with van der Waals surface area (Å²) in [5.74, 6) is 0. The number of nitrogens with two attached hydrogens (primary N) is 2. The van der Waals surface area contributed by atoms with Crippen LogP contribution in [-0.2, 0) is 5.41 Å². The van der Waals surface area contributed by atoms with E-state index in [9.17, 15) is 0 Å². The molecule has 0 radical (unpaired) electrons. The fourth-order valence-electron chi connectivity index (χ4n) is 1.31. The van der Waals surface area contributed by atoms with Gasteiger partial charge in [0.25, 0.3) is 0 Å². The second kappa shape index (κ2) is 4.16. The predicted octanol–water partition coefficient (Wildman–Crippen LogP) is 3.14. The van der Waals surface area contributed by atoms with Crippen LogP contribution in [0.15, 0.2) is 12.1 Å². The third-order valence-corrected chi connectivity index (χ3v) is 3.41. The molecule has 0 aliphatic heterocycles. The third-order valence-electron chi connectivity index (χ3n) is 2.31. The number of rotatable bonds is 2. The Labute approximate surface area is 105 Å². The molecule has 5 heteroatoms. The molecule has 1 rings (SSSR count). The smallest absolute Gasteiger partial charge is 0.0830 e. The van der Waals surface area contributed by atoms with Gasteiger partial charge in [-0.25, -0.2) is 0 Å². The summed E-state index contributed by atoms with van der Waals surface area (Å²) in [4.78, 5) is 0.344. The highest BCUT2D eigenvalue weighted by Crippen LogP contribution is 2.37. The number of anilines is 1. The van der Waals surface area contributed by atoms with Crippen LogP contribution in [0.2, 0.25) is 10.0 Å². The van der Waals surface area contributed by atoms with Gasteiger partial charge in [0.2, 0.25) is 0 Å². The summed E-state index contributed by atoms with van der Waals surface area (Å²) < 4.78 is 0. The van der Waals surface area contributed by atoms with Crippen molar-refractivity contribution in [1.82, 2.24) is 0 Å². The Balaban J connectivity index is 3.44. The molecule has 0 heterocycles. The highest BCUT2D eigenvalue weighted by molar-refractivity contribution is 7.80. The number of thiocarbonyl (C=S) groups is 1. The standard InChI is InChI=1S/C10H12Cl2N2S/c1-10(2,9(14)15)8-6(11)3-5(13)4-7(8)12/h3-4H,13H2,1-2H3,(H2,14,15). The van der Waals surface area contributed by atoms with Gasteiger partial charge in [0.15, 0.2) is 0 Å². The molecule has 0 atom stereocenters. The summed E-state index contributed by atoms with van der Waals surface area (Å²) >= 11 is 17.2. The Morgan fingerprint density at radius 3 is 2.00 bits per heavy atom. The highest BCUT2D eigenvalue weighted by Gasteiger charge is 2.29. The zero-order chi connectivity index (χ0) is 11.8. The Morgan fingerprint density at radius 1 is 1.27 bits per heavy atom. The van der Waals surface area contributed by atoms with Gasteiger partial charge in [0.05, 0.1) is 4.99 Å². The largest absolute Gasteiger partial charge is 0.399 e. The van der Waals surface area contributed by atoms with Gasteiger partial charge in [-0.05, 0) is 26.0 Å².